The van der Waals surface area contributed by atoms with Crippen molar-refractivity contribution in [2.24, 2.45) is 0 Å². The Hall–Kier alpha value is -1.13. The summed E-state index contributed by atoms with van der Waals surface area (Å²) < 4.78 is 28.2. The Labute approximate surface area is 80.9 Å². The van der Waals surface area contributed by atoms with Crippen molar-refractivity contribution in [3.8, 4) is 0 Å². The van der Waals surface area contributed by atoms with Crippen LogP contribution >= 0.6 is 0 Å². The van der Waals surface area contributed by atoms with E-state index in [0.717, 1.165) is 6.42 Å². The Morgan fingerprint density at radius 1 is 1.50 bits per heavy atom. The van der Waals surface area contributed by atoms with E-state index in [1.165, 1.54) is 10.9 Å². The van der Waals surface area contributed by atoms with Crippen LogP contribution in [0.5, 0.6) is 0 Å². The number of nitrogens with zero attached hydrogens (tertiary/aromatic N) is 2. The van der Waals surface area contributed by atoms with Gasteiger partial charge in [0.2, 0.25) is 0 Å². The zero-order valence-corrected chi connectivity index (χ0v) is 7.79. The summed E-state index contributed by atoms with van der Waals surface area (Å²) in [4.78, 5) is 0. The third kappa shape index (κ3) is 1.47. The van der Waals surface area contributed by atoms with Crippen LogP contribution in [0.15, 0.2) is 12.3 Å². The average Bonchev–Trinajstić information content (AvgIpc) is 2.51. The Morgan fingerprint density at radius 3 is 2.86 bits per heavy atom. The normalized spacial score (nSPS) is 26.3. The van der Waals surface area contributed by atoms with Gasteiger partial charge in [-0.15, -0.1) is 0 Å². The van der Waals surface area contributed by atoms with Gasteiger partial charge in [-0.1, -0.05) is 6.42 Å². The van der Waals surface area contributed by atoms with E-state index in [0.29, 0.717) is 18.7 Å². The molecular weight excluding hydrogens is 188 g/mol. The highest BCUT2D eigenvalue weighted by Crippen LogP contribution is 2.41. The third-order valence-electron chi connectivity index (χ3n) is 2.72. The van der Waals surface area contributed by atoms with Crippen LogP contribution in [-0.2, 0) is 0 Å². The van der Waals surface area contributed by atoms with E-state index >= 15 is 0 Å². The lowest BCUT2D eigenvalue weighted by Gasteiger charge is -2.31. The van der Waals surface area contributed by atoms with Gasteiger partial charge in [0, 0.05) is 6.42 Å². The summed E-state index contributed by atoms with van der Waals surface area (Å²) in [6.07, 6.45) is 3.26. The second-order valence-electron chi connectivity index (χ2n) is 3.72. The second-order valence-corrected chi connectivity index (χ2v) is 3.72. The molecule has 0 aliphatic heterocycles. The van der Waals surface area contributed by atoms with Crippen LogP contribution in [0.2, 0.25) is 0 Å². The largest absolute Gasteiger partial charge is 0.384 e. The molecule has 5 heteroatoms. The van der Waals surface area contributed by atoms with Gasteiger partial charge < -0.3 is 5.73 Å². The highest BCUT2D eigenvalue weighted by atomic mass is 19.3. The molecule has 0 bridgehead atoms. The lowest BCUT2D eigenvalue weighted by Crippen LogP contribution is -2.35. The van der Waals surface area contributed by atoms with Crippen LogP contribution in [0.3, 0.4) is 0 Å². The van der Waals surface area contributed by atoms with Crippen LogP contribution in [0.4, 0.5) is 14.6 Å². The van der Waals surface area contributed by atoms with Crippen molar-refractivity contribution in [1.82, 2.24) is 9.78 Å². The van der Waals surface area contributed by atoms with Crippen LogP contribution in [0.1, 0.15) is 31.7 Å². The quantitative estimate of drug-likeness (QED) is 0.757. The van der Waals surface area contributed by atoms with Crippen molar-refractivity contribution in [1.29, 1.82) is 0 Å². The summed E-state index contributed by atoms with van der Waals surface area (Å²) in [5.74, 6) is -2.35. The molecule has 1 unspecified atom stereocenters. The Kier molecular flexibility index (Phi) is 2.17. The van der Waals surface area contributed by atoms with Crippen molar-refractivity contribution in [2.75, 3.05) is 5.73 Å². The smallest absolute Gasteiger partial charge is 0.270 e. The predicted molar refractivity (Wildman–Crippen MR) is 49.1 cm³/mol. The summed E-state index contributed by atoms with van der Waals surface area (Å²) in [6.45, 7) is 0. The van der Waals surface area contributed by atoms with Gasteiger partial charge in [-0.2, -0.15) is 5.10 Å². The van der Waals surface area contributed by atoms with Gasteiger partial charge in [0.1, 0.15) is 11.9 Å². The van der Waals surface area contributed by atoms with Crippen molar-refractivity contribution in [2.45, 2.75) is 37.6 Å². The van der Waals surface area contributed by atoms with Crippen LogP contribution in [-0.4, -0.2) is 15.7 Å². The molecule has 14 heavy (non-hydrogen) atoms. The number of nitrogens with two attached hydrogens (primary N) is 1. The molecule has 3 nitrogen and oxygen atoms in total. The molecule has 0 amide bonds. The number of rotatable bonds is 1. The fourth-order valence-electron chi connectivity index (χ4n) is 1.96. The van der Waals surface area contributed by atoms with E-state index in [1.807, 2.05) is 0 Å². The maximum atomic E-state index is 13.5. The highest BCUT2D eigenvalue weighted by molar-refractivity contribution is 5.27. The average molecular weight is 201 g/mol. The van der Waals surface area contributed by atoms with E-state index in [1.54, 1.807) is 6.07 Å². The van der Waals surface area contributed by atoms with Gasteiger partial charge in [-0.3, -0.25) is 0 Å². The molecule has 0 spiro atoms. The summed E-state index contributed by atoms with van der Waals surface area (Å²) >= 11 is 0. The summed E-state index contributed by atoms with van der Waals surface area (Å²) in [6, 6.07) is 0.691. The van der Waals surface area contributed by atoms with Crippen LogP contribution in [0.25, 0.3) is 0 Å². The first-order valence-corrected chi connectivity index (χ1v) is 4.78. The maximum Gasteiger partial charge on any atom is 0.270 e. The van der Waals surface area contributed by atoms with Crippen LogP contribution < -0.4 is 5.73 Å². The monoisotopic (exact) mass is 201 g/mol. The van der Waals surface area contributed by atoms with Gasteiger partial charge in [0.05, 0.1) is 6.20 Å². The Balaban J connectivity index is 2.28. The minimum atomic E-state index is -2.67. The van der Waals surface area contributed by atoms with Crippen molar-refractivity contribution >= 4 is 5.82 Å². The number of halogens is 2. The molecule has 0 aromatic carbocycles. The molecule has 2 rings (SSSR count). The van der Waals surface area contributed by atoms with E-state index in [9.17, 15) is 8.78 Å². The minimum absolute atomic E-state index is 0.0586. The molecule has 0 saturated heterocycles. The molecule has 78 valence electrons. The number of aromatic nitrogens is 2. The molecule has 1 aromatic heterocycles. The fourth-order valence-corrected chi connectivity index (χ4v) is 1.96. The first-order chi connectivity index (χ1) is 6.61. The number of nitrogen functional groups attached to an aromatic ring is 1. The van der Waals surface area contributed by atoms with Gasteiger partial charge in [0.25, 0.3) is 5.92 Å². The van der Waals surface area contributed by atoms with Crippen molar-refractivity contribution in [3.63, 3.8) is 0 Å². The molecule has 1 aliphatic rings. The Morgan fingerprint density at radius 2 is 2.29 bits per heavy atom. The molecule has 1 heterocycles. The maximum absolute atomic E-state index is 13.5. The highest BCUT2D eigenvalue weighted by Gasteiger charge is 2.43. The van der Waals surface area contributed by atoms with Gasteiger partial charge >= 0.3 is 0 Å². The number of hydrogen-bond acceptors (Lipinski definition) is 2. The minimum Gasteiger partial charge on any atom is -0.384 e. The Bertz CT molecular complexity index is 322. The molecule has 1 aromatic rings. The molecule has 2 N–H and O–H groups in total. The van der Waals surface area contributed by atoms with Crippen molar-refractivity contribution < 1.29 is 8.78 Å². The first-order valence-electron chi connectivity index (χ1n) is 4.78. The molecule has 1 saturated carbocycles. The molecule has 1 aliphatic carbocycles. The summed E-state index contributed by atoms with van der Waals surface area (Å²) in [5.41, 5.74) is 5.56. The van der Waals surface area contributed by atoms with E-state index < -0.39 is 12.0 Å². The zero-order valence-electron chi connectivity index (χ0n) is 7.79. The van der Waals surface area contributed by atoms with E-state index in [2.05, 4.69) is 5.10 Å². The topological polar surface area (TPSA) is 43.8 Å². The molecule has 0 radical (unpaired) electrons. The lowest BCUT2D eigenvalue weighted by molar-refractivity contribution is -0.0811. The number of hydrogen-bond donors (Lipinski definition) is 1. The first kappa shape index (κ1) is 9.43. The fraction of sp³-hybridized carbons (Fsp3) is 0.667. The van der Waals surface area contributed by atoms with Crippen molar-refractivity contribution in [3.05, 3.63) is 12.3 Å². The molecular formula is C9H13F2N3. The number of anilines is 1. The van der Waals surface area contributed by atoms with Gasteiger partial charge in [0.15, 0.2) is 0 Å². The van der Waals surface area contributed by atoms with Gasteiger partial charge in [-0.05, 0) is 18.9 Å². The summed E-state index contributed by atoms with van der Waals surface area (Å²) in [5, 5.41) is 3.85. The third-order valence-corrected chi connectivity index (χ3v) is 2.72. The SMILES string of the molecule is Nc1ccnn1C1CCCCC1(F)F. The lowest BCUT2D eigenvalue weighted by atomic mass is 9.92. The van der Waals surface area contributed by atoms with Gasteiger partial charge in [-0.25, -0.2) is 13.5 Å². The summed E-state index contributed by atoms with van der Waals surface area (Å²) in [7, 11) is 0. The molecule has 1 fully saturated rings. The van der Waals surface area contributed by atoms with E-state index in [-0.39, 0.29) is 6.42 Å². The van der Waals surface area contributed by atoms with E-state index in [4.69, 9.17) is 5.73 Å². The predicted octanol–water partition coefficient (Wildman–Crippen LogP) is 2.22. The number of alkyl halides is 2. The molecule has 1 atom stereocenters. The second kappa shape index (κ2) is 3.22. The zero-order chi connectivity index (χ0) is 10.2. The van der Waals surface area contributed by atoms with Crippen LogP contribution in [0, 0.1) is 0 Å². The standard InChI is InChI=1S/C9H13F2N3/c10-9(11)5-2-1-3-7(9)14-8(12)4-6-13-14/h4,6-7H,1-3,5,12H2.